The van der Waals surface area contributed by atoms with Crippen molar-refractivity contribution >= 4 is 28.3 Å². The maximum absolute atomic E-state index is 13.4. The summed E-state index contributed by atoms with van der Waals surface area (Å²) >= 11 is 6.09. The number of aromatic nitrogens is 2. The number of aliphatic hydroxyl groups is 1. The maximum Gasteiger partial charge on any atom is 0.434 e. The van der Waals surface area contributed by atoms with E-state index in [4.69, 9.17) is 11.6 Å². The molecule has 0 aromatic carbocycles. The lowest BCUT2D eigenvalue weighted by Crippen LogP contribution is -2.36. The van der Waals surface area contributed by atoms with Gasteiger partial charge < -0.3 is 15.0 Å². The first-order valence-electron chi connectivity index (χ1n) is 7.36. The third kappa shape index (κ3) is 2.68. The number of pyridine rings is 1. The summed E-state index contributed by atoms with van der Waals surface area (Å²) in [6.07, 6.45) is -4.41. The predicted octanol–water partition coefficient (Wildman–Crippen LogP) is 3.38. The van der Waals surface area contributed by atoms with Crippen LogP contribution in [-0.2, 0) is 6.18 Å². The zero-order chi connectivity index (χ0) is 17.6. The number of nitrogens with zero attached hydrogens (tertiary/aromatic N) is 3. The molecule has 3 rings (SSSR count). The summed E-state index contributed by atoms with van der Waals surface area (Å²) in [5.74, 6) is 0. The summed E-state index contributed by atoms with van der Waals surface area (Å²) in [5, 5.41) is 19.1. The Morgan fingerprint density at radius 2 is 2.00 bits per heavy atom. The quantitative estimate of drug-likeness (QED) is 0.819. The van der Waals surface area contributed by atoms with E-state index in [1.165, 1.54) is 0 Å². The van der Waals surface area contributed by atoms with Gasteiger partial charge in [-0.3, -0.25) is 0 Å². The van der Waals surface area contributed by atoms with Crippen LogP contribution in [0.4, 0.5) is 18.9 Å². The Labute approximate surface area is 140 Å². The van der Waals surface area contributed by atoms with E-state index in [2.05, 4.69) is 9.97 Å². The van der Waals surface area contributed by atoms with Gasteiger partial charge in [-0.25, -0.2) is 4.98 Å². The number of hydrogen-bond acceptors (Lipinski definition) is 4. The van der Waals surface area contributed by atoms with Crippen molar-refractivity contribution in [1.29, 1.82) is 5.26 Å². The van der Waals surface area contributed by atoms with E-state index >= 15 is 0 Å². The molecule has 0 radical (unpaired) electrons. The van der Waals surface area contributed by atoms with Gasteiger partial charge >= 0.3 is 6.18 Å². The molecule has 5 nitrogen and oxygen atoms in total. The van der Waals surface area contributed by atoms with E-state index in [9.17, 15) is 23.5 Å². The highest BCUT2D eigenvalue weighted by Crippen LogP contribution is 2.41. The molecular formula is C15H14ClF3N4O. The number of halogens is 4. The second-order valence-corrected chi connectivity index (χ2v) is 6.18. The van der Waals surface area contributed by atoms with Crippen LogP contribution in [0.2, 0.25) is 5.02 Å². The minimum Gasteiger partial charge on any atom is -0.393 e. The van der Waals surface area contributed by atoms with Gasteiger partial charge in [0.2, 0.25) is 0 Å². The number of piperidine rings is 1. The van der Waals surface area contributed by atoms with Gasteiger partial charge in [-0.2, -0.15) is 18.4 Å². The Morgan fingerprint density at radius 3 is 2.54 bits per heavy atom. The molecule has 0 bridgehead atoms. The van der Waals surface area contributed by atoms with E-state index in [0.29, 0.717) is 37.1 Å². The van der Waals surface area contributed by atoms with Gasteiger partial charge in [-0.1, -0.05) is 11.6 Å². The number of H-pyrrole nitrogens is 1. The highest BCUT2D eigenvalue weighted by Gasteiger charge is 2.39. The van der Waals surface area contributed by atoms with Crippen LogP contribution < -0.4 is 4.90 Å². The molecule has 1 fully saturated rings. The molecular weight excluding hydrogens is 345 g/mol. The summed E-state index contributed by atoms with van der Waals surface area (Å²) in [5.41, 5.74) is -0.804. The van der Waals surface area contributed by atoms with Gasteiger partial charge in [0.25, 0.3) is 0 Å². The second-order valence-electron chi connectivity index (χ2n) is 5.80. The van der Waals surface area contributed by atoms with Crippen LogP contribution >= 0.6 is 11.6 Å². The Morgan fingerprint density at radius 1 is 1.38 bits per heavy atom. The van der Waals surface area contributed by atoms with E-state index in [1.807, 2.05) is 0 Å². The van der Waals surface area contributed by atoms with E-state index in [1.54, 1.807) is 17.9 Å². The van der Waals surface area contributed by atoms with Crippen LogP contribution in [0.15, 0.2) is 0 Å². The van der Waals surface area contributed by atoms with Crippen molar-refractivity contribution in [3.05, 3.63) is 22.0 Å². The van der Waals surface area contributed by atoms with Crippen molar-refractivity contribution in [3.8, 4) is 6.07 Å². The fraction of sp³-hybridized carbons (Fsp3) is 0.467. The predicted molar refractivity (Wildman–Crippen MR) is 83.0 cm³/mol. The fourth-order valence-corrected chi connectivity index (χ4v) is 3.17. The molecule has 0 unspecified atom stereocenters. The van der Waals surface area contributed by atoms with Crippen molar-refractivity contribution < 1.29 is 18.3 Å². The number of aryl methyl sites for hydroxylation is 1. The molecule has 24 heavy (non-hydrogen) atoms. The normalized spacial score (nSPS) is 16.6. The van der Waals surface area contributed by atoms with Crippen LogP contribution in [0, 0.1) is 18.3 Å². The number of aliphatic hydroxyl groups excluding tert-OH is 1. The van der Waals surface area contributed by atoms with E-state index < -0.39 is 23.5 Å². The van der Waals surface area contributed by atoms with Crippen molar-refractivity contribution in [2.75, 3.05) is 18.0 Å². The minimum absolute atomic E-state index is 0.00149. The maximum atomic E-state index is 13.4. The lowest BCUT2D eigenvalue weighted by Gasteiger charge is -2.32. The molecule has 128 valence electrons. The minimum atomic E-state index is -4.77. The third-order valence-corrected chi connectivity index (χ3v) is 4.64. The van der Waals surface area contributed by atoms with Crippen LogP contribution in [0.5, 0.6) is 0 Å². The highest BCUT2D eigenvalue weighted by atomic mass is 35.5. The number of fused-ring (bicyclic) bond motifs is 1. The zero-order valence-corrected chi connectivity index (χ0v) is 13.5. The summed E-state index contributed by atoms with van der Waals surface area (Å²) in [6.45, 7) is 2.33. The molecule has 2 N–H and O–H groups in total. The average molecular weight is 359 g/mol. The number of hydrogen-bond donors (Lipinski definition) is 2. The standard InChI is InChI=1S/C15H14ClF3N4O/c1-7-10(16)11-12(21-7)13(23-4-2-8(24)3-5-23)9(6-20)14(22-11)15(17,18)19/h8,21,24H,2-5H2,1H3. The van der Waals surface area contributed by atoms with Gasteiger partial charge in [0.1, 0.15) is 17.1 Å². The molecule has 2 aromatic rings. The average Bonchev–Trinajstić information content (AvgIpc) is 2.80. The lowest BCUT2D eigenvalue weighted by molar-refractivity contribution is -0.141. The first-order chi connectivity index (χ1) is 11.2. The number of anilines is 1. The molecule has 2 aromatic heterocycles. The van der Waals surface area contributed by atoms with E-state index in [-0.39, 0.29) is 16.2 Å². The van der Waals surface area contributed by atoms with Crippen LogP contribution in [0.25, 0.3) is 11.0 Å². The molecule has 3 heterocycles. The van der Waals surface area contributed by atoms with Crippen LogP contribution in [0.1, 0.15) is 29.8 Å². The number of rotatable bonds is 1. The summed E-state index contributed by atoms with van der Waals surface area (Å²) < 4.78 is 40.2. The Hall–Kier alpha value is -1.98. The third-order valence-electron chi connectivity index (χ3n) is 4.18. The molecule has 1 saturated heterocycles. The smallest absolute Gasteiger partial charge is 0.393 e. The largest absolute Gasteiger partial charge is 0.434 e. The first kappa shape index (κ1) is 16.9. The first-order valence-corrected chi connectivity index (χ1v) is 7.74. The molecule has 0 amide bonds. The van der Waals surface area contributed by atoms with Gasteiger partial charge in [-0.15, -0.1) is 0 Å². The van der Waals surface area contributed by atoms with Crippen LogP contribution in [-0.4, -0.2) is 34.3 Å². The van der Waals surface area contributed by atoms with Crippen molar-refractivity contribution in [3.63, 3.8) is 0 Å². The fourth-order valence-electron chi connectivity index (χ4n) is 2.99. The number of nitriles is 1. The van der Waals surface area contributed by atoms with Gasteiger partial charge in [0.05, 0.1) is 22.3 Å². The summed E-state index contributed by atoms with van der Waals surface area (Å²) in [7, 11) is 0. The Kier molecular flexibility index (Phi) is 4.10. The van der Waals surface area contributed by atoms with Gasteiger partial charge in [-0.05, 0) is 19.8 Å². The molecule has 0 saturated carbocycles. The number of aromatic amines is 1. The zero-order valence-electron chi connectivity index (χ0n) is 12.7. The Balaban J connectivity index is 2.32. The van der Waals surface area contributed by atoms with Gasteiger partial charge in [0, 0.05) is 18.8 Å². The lowest BCUT2D eigenvalue weighted by atomic mass is 10.0. The summed E-state index contributed by atoms with van der Waals surface area (Å²) in [6, 6.07) is 1.65. The molecule has 0 atom stereocenters. The monoisotopic (exact) mass is 358 g/mol. The highest BCUT2D eigenvalue weighted by molar-refractivity contribution is 6.36. The topological polar surface area (TPSA) is 75.9 Å². The molecule has 1 aliphatic heterocycles. The molecule has 0 aliphatic carbocycles. The van der Waals surface area contributed by atoms with E-state index in [0.717, 1.165) is 0 Å². The number of nitrogens with one attached hydrogen (secondary N) is 1. The van der Waals surface area contributed by atoms with Gasteiger partial charge in [0.15, 0.2) is 5.69 Å². The molecule has 0 spiro atoms. The molecule has 1 aliphatic rings. The second kappa shape index (κ2) is 5.83. The number of alkyl halides is 3. The van der Waals surface area contributed by atoms with Crippen molar-refractivity contribution in [1.82, 2.24) is 9.97 Å². The Bertz CT molecular complexity index is 832. The van der Waals surface area contributed by atoms with Crippen molar-refractivity contribution in [2.24, 2.45) is 0 Å². The van der Waals surface area contributed by atoms with Crippen molar-refractivity contribution in [2.45, 2.75) is 32.0 Å². The summed E-state index contributed by atoms with van der Waals surface area (Å²) in [4.78, 5) is 8.24. The van der Waals surface area contributed by atoms with Crippen LogP contribution in [0.3, 0.4) is 0 Å². The SMILES string of the molecule is Cc1[nH]c2c(N3CCC(O)CC3)c(C#N)c(C(F)(F)F)nc2c1Cl. The molecule has 9 heteroatoms.